The van der Waals surface area contributed by atoms with Gasteiger partial charge in [-0.1, -0.05) is 6.07 Å². The Balaban J connectivity index is 1.69. The number of amides is 1. The molecule has 0 fully saturated rings. The lowest BCUT2D eigenvalue weighted by Crippen LogP contribution is -2.34. The highest BCUT2D eigenvalue weighted by Crippen LogP contribution is 2.17. The van der Waals surface area contributed by atoms with Crippen LogP contribution in [0.5, 0.6) is 0 Å². The molecule has 7 nitrogen and oxygen atoms in total. The highest BCUT2D eigenvalue weighted by atomic mass is 32.1. The molecule has 0 aliphatic carbocycles. The number of thiazole rings is 1. The Labute approximate surface area is 184 Å². The maximum atomic E-state index is 13.5. The zero-order valence-electron chi connectivity index (χ0n) is 17.8. The lowest BCUT2D eigenvalue weighted by molar-refractivity contribution is -0.120. The SMILES string of the molecule is Cc1nc(C)c(CNn2ccc(C)c(CC(=O)NCc3cc(F)ccc3CN)c2=O)s1. The first-order valence-corrected chi connectivity index (χ1v) is 10.7. The first kappa shape index (κ1) is 22.6. The Morgan fingerprint density at radius 3 is 2.65 bits per heavy atom. The summed E-state index contributed by atoms with van der Waals surface area (Å²) < 4.78 is 14.9. The van der Waals surface area contributed by atoms with Crippen LogP contribution in [-0.4, -0.2) is 15.6 Å². The third-order valence-electron chi connectivity index (χ3n) is 5.04. The van der Waals surface area contributed by atoms with E-state index in [9.17, 15) is 14.0 Å². The number of hydrogen-bond donors (Lipinski definition) is 3. The molecule has 3 rings (SSSR count). The van der Waals surface area contributed by atoms with Gasteiger partial charge in [0.15, 0.2) is 0 Å². The standard InChI is InChI=1S/C22H26FN5O2S/c1-13-6-7-28(26-12-20-14(2)27-15(3)31-20)22(30)19(13)9-21(29)25-11-17-8-18(23)5-4-16(17)10-24/h4-8,26H,9-12,24H2,1-3H3,(H,25,29). The fourth-order valence-corrected chi connectivity index (χ4v) is 4.15. The molecule has 2 heterocycles. The number of rotatable bonds is 8. The highest BCUT2D eigenvalue weighted by Gasteiger charge is 2.14. The minimum atomic E-state index is -0.388. The van der Waals surface area contributed by atoms with Gasteiger partial charge >= 0.3 is 0 Å². The van der Waals surface area contributed by atoms with Gasteiger partial charge in [-0.15, -0.1) is 11.3 Å². The summed E-state index contributed by atoms with van der Waals surface area (Å²) >= 11 is 1.58. The van der Waals surface area contributed by atoms with Gasteiger partial charge in [0.2, 0.25) is 5.91 Å². The zero-order valence-corrected chi connectivity index (χ0v) is 18.6. The average Bonchev–Trinajstić information content (AvgIpc) is 3.06. The van der Waals surface area contributed by atoms with Gasteiger partial charge in [-0.3, -0.25) is 9.59 Å². The molecule has 0 spiro atoms. The number of pyridine rings is 1. The van der Waals surface area contributed by atoms with Crippen molar-refractivity contribution in [3.05, 3.63) is 84.5 Å². The molecular formula is C22H26FN5O2S. The van der Waals surface area contributed by atoms with Crippen LogP contribution in [0.1, 0.15) is 37.8 Å². The fourth-order valence-electron chi connectivity index (χ4n) is 3.28. The van der Waals surface area contributed by atoms with Crippen LogP contribution in [0.4, 0.5) is 4.39 Å². The number of benzene rings is 1. The van der Waals surface area contributed by atoms with Crippen molar-refractivity contribution in [2.45, 2.75) is 46.8 Å². The van der Waals surface area contributed by atoms with E-state index in [-0.39, 0.29) is 36.8 Å². The Hall–Kier alpha value is -3.04. The number of hydrogen-bond acceptors (Lipinski definition) is 6. The lowest BCUT2D eigenvalue weighted by Gasteiger charge is -2.13. The van der Waals surface area contributed by atoms with Crippen LogP contribution in [0.3, 0.4) is 0 Å². The average molecular weight is 444 g/mol. The third kappa shape index (κ3) is 5.56. The van der Waals surface area contributed by atoms with E-state index in [1.165, 1.54) is 16.8 Å². The smallest absolute Gasteiger partial charge is 0.272 e. The second kappa shape index (κ2) is 9.84. The molecule has 1 aromatic carbocycles. The predicted molar refractivity (Wildman–Crippen MR) is 120 cm³/mol. The van der Waals surface area contributed by atoms with Crippen LogP contribution < -0.4 is 22.0 Å². The molecule has 0 aliphatic heterocycles. The van der Waals surface area contributed by atoms with Crippen molar-refractivity contribution in [1.82, 2.24) is 15.0 Å². The first-order valence-electron chi connectivity index (χ1n) is 9.90. The zero-order chi connectivity index (χ0) is 22.5. The molecule has 0 unspecified atom stereocenters. The first-order chi connectivity index (χ1) is 14.8. The van der Waals surface area contributed by atoms with Gasteiger partial charge in [-0.25, -0.2) is 14.1 Å². The topological polar surface area (TPSA) is 102 Å². The van der Waals surface area contributed by atoms with E-state index < -0.39 is 0 Å². The molecule has 4 N–H and O–H groups in total. The quantitative estimate of drug-likeness (QED) is 0.496. The van der Waals surface area contributed by atoms with E-state index in [2.05, 4.69) is 15.7 Å². The number of aromatic nitrogens is 2. The van der Waals surface area contributed by atoms with Gasteiger partial charge in [0.05, 0.1) is 23.7 Å². The number of halogens is 1. The summed E-state index contributed by atoms with van der Waals surface area (Å²) in [5.41, 5.74) is 11.9. The van der Waals surface area contributed by atoms with Crippen molar-refractivity contribution in [2.24, 2.45) is 5.73 Å². The van der Waals surface area contributed by atoms with Crippen LogP contribution in [-0.2, 0) is 30.8 Å². The maximum Gasteiger partial charge on any atom is 0.272 e. The molecule has 1 amide bonds. The van der Waals surface area contributed by atoms with E-state index in [1.54, 1.807) is 36.6 Å². The molecule has 0 saturated heterocycles. The van der Waals surface area contributed by atoms with E-state index in [0.717, 1.165) is 26.7 Å². The number of nitrogens with one attached hydrogen (secondary N) is 2. The van der Waals surface area contributed by atoms with Crippen LogP contribution in [0.15, 0.2) is 35.3 Å². The Bertz CT molecular complexity index is 1160. The van der Waals surface area contributed by atoms with E-state index in [0.29, 0.717) is 17.7 Å². The van der Waals surface area contributed by atoms with Gasteiger partial charge in [0, 0.05) is 29.7 Å². The van der Waals surface area contributed by atoms with Crippen LogP contribution in [0, 0.1) is 26.6 Å². The van der Waals surface area contributed by atoms with Gasteiger partial charge < -0.3 is 16.5 Å². The molecule has 0 saturated carbocycles. The van der Waals surface area contributed by atoms with Gasteiger partial charge in [-0.2, -0.15) is 0 Å². The van der Waals surface area contributed by atoms with Crippen LogP contribution in [0.2, 0.25) is 0 Å². The van der Waals surface area contributed by atoms with Gasteiger partial charge in [0.25, 0.3) is 5.56 Å². The summed E-state index contributed by atoms with van der Waals surface area (Å²) in [5, 5.41) is 3.73. The number of nitrogens with zero attached hydrogens (tertiary/aromatic N) is 2. The molecule has 9 heteroatoms. The molecule has 0 radical (unpaired) electrons. The van der Waals surface area contributed by atoms with E-state index in [4.69, 9.17) is 5.73 Å². The number of nitrogens with two attached hydrogens (primary N) is 1. The normalized spacial score (nSPS) is 10.9. The molecule has 3 aromatic rings. The number of aryl methyl sites for hydroxylation is 3. The van der Waals surface area contributed by atoms with Gasteiger partial charge in [-0.05, 0) is 55.7 Å². The van der Waals surface area contributed by atoms with Crippen molar-refractivity contribution in [2.75, 3.05) is 5.43 Å². The predicted octanol–water partition coefficient (Wildman–Crippen LogP) is 2.43. The minimum absolute atomic E-state index is 0.0703. The molecule has 0 bridgehead atoms. The second-order valence-corrected chi connectivity index (χ2v) is 8.59. The molecule has 31 heavy (non-hydrogen) atoms. The molecule has 164 valence electrons. The third-order valence-corrected chi connectivity index (χ3v) is 6.11. The molecule has 0 atom stereocenters. The summed E-state index contributed by atoms with van der Waals surface area (Å²) in [6, 6.07) is 6.09. The second-order valence-electron chi connectivity index (χ2n) is 7.30. The van der Waals surface area contributed by atoms with Crippen molar-refractivity contribution < 1.29 is 9.18 Å². The minimum Gasteiger partial charge on any atom is -0.352 e. The lowest BCUT2D eigenvalue weighted by atomic mass is 10.1. The fraction of sp³-hybridized carbons (Fsp3) is 0.318. The maximum absolute atomic E-state index is 13.5. The monoisotopic (exact) mass is 443 g/mol. The Kier molecular flexibility index (Phi) is 7.19. The summed E-state index contributed by atoms with van der Waals surface area (Å²) in [6.07, 6.45) is 1.59. The Morgan fingerprint density at radius 2 is 1.97 bits per heavy atom. The van der Waals surface area contributed by atoms with Crippen molar-refractivity contribution >= 4 is 17.2 Å². The molecule has 2 aromatic heterocycles. The summed E-state index contributed by atoms with van der Waals surface area (Å²) in [4.78, 5) is 30.8. The summed E-state index contributed by atoms with van der Waals surface area (Å²) in [6.45, 7) is 6.53. The van der Waals surface area contributed by atoms with E-state index >= 15 is 0 Å². The molecule has 0 aliphatic rings. The summed E-state index contributed by atoms with van der Waals surface area (Å²) in [5.74, 6) is -0.709. The van der Waals surface area contributed by atoms with E-state index in [1.807, 2.05) is 13.8 Å². The number of carbonyl (C=O) groups is 1. The van der Waals surface area contributed by atoms with Crippen molar-refractivity contribution in [3.8, 4) is 0 Å². The number of carbonyl (C=O) groups excluding carboxylic acids is 1. The molecular weight excluding hydrogens is 417 g/mol. The van der Waals surface area contributed by atoms with Crippen LogP contribution >= 0.6 is 11.3 Å². The largest absolute Gasteiger partial charge is 0.352 e. The van der Waals surface area contributed by atoms with Crippen molar-refractivity contribution in [1.29, 1.82) is 0 Å². The Morgan fingerprint density at radius 1 is 1.19 bits per heavy atom. The van der Waals surface area contributed by atoms with Gasteiger partial charge in [0.1, 0.15) is 5.82 Å². The van der Waals surface area contributed by atoms with Crippen LogP contribution in [0.25, 0.3) is 0 Å². The van der Waals surface area contributed by atoms with Crippen molar-refractivity contribution in [3.63, 3.8) is 0 Å². The summed E-state index contributed by atoms with van der Waals surface area (Å²) in [7, 11) is 0. The highest BCUT2D eigenvalue weighted by molar-refractivity contribution is 7.11.